The van der Waals surface area contributed by atoms with E-state index in [1.807, 2.05) is 78.8 Å². The number of unbranched alkanes of at least 4 members (excludes halogenated alkanes) is 1. The number of hydrogen-bond acceptors (Lipinski definition) is 2. The summed E-state index contributed by atoms with van der Waals surface area (Å²) in [4.78, 5) is 14.9. The average molecular weight is 534 g/mol. The minimum atomic E-state index is -0.705. The van der Waals surface area contributed by atoms with Crippen molar-refractivity contribution >= 4 is 17.2 Å². The molecule has 0 unspecified atom stereocenters. The summed E-state index contributed by atoms with van der Waals surface area (Å²) in [5.74, 6) is 1.88. The Balaban J connectivity index is -0.00000128. The number of allylic oxidation sites excluding steroid dienone is 9. The van der Waals surface area contributed by atoms with Crippen LogP contribution < -0.4 is 5.56 Å². The smallest absolute Gasteiger partial charge is 0.257 e. The van der Waals surface area contributed by atoms with E-state index in [1.54, 1.807) is 12.2 Å². The van der Waals surface area contributed by atoms with Crippen LogP contribution in [0.1, 0.15) is 93.6 Å². The molecule has 0 fully saturated rings. The van der Waals surface area contributed by atoms with Crippen LogP contribution in [0, 0.1) is 18.2 Å². The number of H-pyrrole nitrogens is 1. The molecule has 0 aromatic carbocycles. The van der Waals surface area contributed by atoms with Crippen LogP contribution in [0.25, 0.3) is 5.57 Å². The molecule has 1 aromatic heterocycles. The zero-order valence-electron chi connectivity index (χ0n) is 24.5. The highest BCUT2D eigenvalue weighted by molar-refractivity contribution is 6.32. The second-order valence-electron chi connectivity index (χ2n) is 7.08. The number of hydrogen-bond donors (Lipinski definition) is 1. The molecule has 0 aliphatic heterocycles. The summed E-state index contributed by atoms with van der Waals surface area (Å²) in [6.07, 6.45) is 23.2. The molecular weight excluding hydrogens is 485 g/mol. The third-order valence-corrected chi connectivity index (χ3v) is 4.77. The van der Waals surface area contributed by atoms with Gasteiger partial charge in [0.2, 0.25) is 0 Å². The fraction of sp³-hybridized carbons (Fsp3) is 0.469. The Morgan fingerprint density at radius 1 is 1.14 bits per heavy atom. The summed E-state index contributed by atoms with van der Waals surface area (Å²) in [5, 5.41) is -0.242. The van der Waals surface area contributed by atoms with Gasteiger partial charge in [0, 0.05) is 19.2 Å². The number of terminal acetylenes is 1. The Morgan fingerprint density at radius 3 is 2.24 bits per heavy atom. The van der Waals surface area contributed by atoms with E-state index in [-0.39, 0.29) is 17.0 Å². The van der Waals surface area contributed by atoms with Crippen LogP contribution in [0.2, 0.25) is 5.02 Å². The summed E-state index contributed by atoms with van der Waals surface area (Å²) in [5.41, 5.74) is 1.52. The lowest BCUT2D eigenvalue weighted by Gasteiger charge is -2.12. The average Bonchev–Trinajstić information content (AvgIpc) is 2.94. The number of pyridine rings is 1. The first-order valence-electron chi connectivity index (χ1n) is 13.4. The third-order valence-electron chi connectivity index (χ3n) is 4.40. The standard InChI is InChI=1S/C24H27ClFNO2.C4H10.2C2H6/c1-5-9-13-19(11-6-2)20(22-23(25)21(26)17-27-24(22)28)16-18(8-4)12-10-15-29-14-7-3;1-3-4-2;2*1-2/h2,5,8-10,12-13,16-17H,7,11,14-15H2,1,3-4H3,(H,27,28);3-4H2,1-2H3;2*1-2H3/b9-5-,12-10-,18-8+,19-13+,20-16+;;;. The number of nitrogens with one attached hydrogen (secondary N) is 1. The van der Waals surface area contributed by atoms with Gasteiger partial charge in [-0.1, -0.05) is 109 Å². The molecule has 1 N–H and O–H groups in total. The van der Waals surface area contributed by atoms with Crippen molar-refractivity contribution in [1.29, 1.82) is 0 Å². The van der Waals surface area contributed by atoms with Gasteiger partial charge in [-0.05, 0) is 43.1 Å². The maximum atomic E-state index is 14.1. The predicted octanol–water partition coefficient (Wildman–Crippen LogP) is 9.86. The van der Waals surface area contributed by atoms with E-state index in [0.29, 0.717) is 24.4 Å². The molecular formula is C32H49ClFNO2. The van der Waals surface area contributed by atoms with E-state index in [4.69, 9.17) is 22.8 Å². The molecule has 5 heteroatoms. The maximum absolute atomic E-state index is 14.1. The van der Waals surface area contributed by atoms with Gasteiger partial charge in [-0.15, -0.1) is 12.3 Å². The molecule has 1 heterocycles. The van der Waals surface area contributed by atoms with Crippen LogP contribution in [-0.4, -0.2) is 18.2 Å². The molecule has 1 aromatic rings. The molecule has 0 saturated heterocycles. The Kier molecular flexibility index (Phi) is 29.4. The van der Waals surface area contributed by atoms with Gasteiger partial charge in [-0.2, -0.15) is 0 Å². The SMILES string of the molecule is C#CCC(=C\C=C/C)/C(=C\C(\C=C/COCCC)=C\C)c1c(Cl)c(F)c[nH]c1=O.CC.CC.CCCC. The summed E-state index contributed by atoms with van der Waals surface area (Å²) in [7, 11) is 0. The highest BCUT2D eigenvalue weighted by Gasteiger charge is 2.18. The van der Waals surface area contributed by atoms with Gasteiger partial charge >= 0.3 is 0 Å². The lowest BCUT2D eigenvalue weighted by atomic mass is 9.93. The van der Waals surface area contributed by atoms with Gasteiger partial charge in [0.05, 0.1) is 17.2 Å². The Hall–Kier alpha value is -2.61. The zero-order chi connectivity index (χ0) is 29.1. The van der Waals surface area contributed by atoms with E-state index >= 15 is 0 Å². The molecule has 0 aliphatic carbocycles. The van der Waals surface area contributed by atoms with Crippen molar-refractivity contribution in [2.45, 2.75) is 88.0 Å². The first kappa shape index (κ1) is 38.9. The van der Waals surface area contributed by atoms with Gasteiger partial charge in [-0.3, -0.25) is 4.79 Å². The molecule has 0 atom stereocenters. The zero-order valence-corrected chi connectivity index (χ0v) is 25.3. The molecule has 1 rings (SSSR count). The van der Waals surface area contributed by atoms with Crippen molar-refractivity contribution < 1.29 is 9.13 Å². The third kappa shape index (κ3) is 17.5. The second-order valence-corrected chi connectivity index (χ2v) is 7.46. The minimum Gasteiger partial charge on any atom is -0.377 e. The lowest BCUT2D eigenvalue weighted by Crippen LogP contribution is -2.14. The van der Waals surface area contributed by atoms with Gasteiger partial charge in [0.1, 0.15) is 0 Å². The van der Waals surface area contributed by atoms with E-state index in [1.165, 1.54) is 12.8 Å². The van der Waals surface area contributed by atoms with Crippen LogP contribution in [0.5, 0.6) is 0 Å². The topological polar surface area (TPSA) is 42.1 Å². The Bertz CT molecular complexity index is 958. The molecule has 0 saturated carbocycles. The first-order chi connectivity index (χ1) is 17.9. The van der Waals surface area contributed by atoms with Crippen molar-refractivity contribution in [1.82, 2.24) is 4.98 Å². The van der Waals surface area contributed by atoms with Crippen LogP contribution in [0.3, 0.4) is 0 Å². The molecule has 0 bridgehead atoms. The molecule has 3 nitrogen and oxygen atoms in total. The summed E-state index contributed by atoms with van der Waals surface area (Å²) >= 11 is 6.17. The highest BCUT2D eigenvalue weighted by atomic mass is 35.5. The van der Waals surface area contributed by atoms with E-state index in [9.17, 15) is 9.18 Å². The number of aromatic nitrogens is 1. The van der Waals surface area contributed by atoms with Crippen LogP contribution in [0.4, 0.5) is 4.39 Å². The lowest BCUT2D eigenvalue weighted by molar-refractivity contribution is 0.163. The summed E-state index contributed by atoms with van der Waals surface area (Å²) < 4.78 is 19.6. The van der Waals surface area contributed by atoms with Crippen molar-refractivity contribution in [2.24, 2.45) is 0 Å². The van der Waals surface area contributed by atoms with Crippen molar-refractivity contribution in [2.75, 3.05) is 13.2 Å². The molecule has 37 heavy (non-hydrogen) atoms. The molecule has 208 valence electrons. The maximum Gasteiger partial charge on any atom is 0.257 e. The summed E-state index contributed by atoms with van der Waals surface area (Å²) in [6.45, 7) is 19.3. The van der Waals surface area contributed by atoms with E-state index < -0.39 is 11.4 Å². The number of ether oxygens (including phenoxy) is 1. The van der Waals surface area contributed by atoms with E-state index in [0.717, 1.165) is 18.2 Å². The normalized spacial score (nSPS) is 11.7. The highest BCUT2D eigenvalue weighted by Crippen LogP contribution is 2.31. The largest absolute Gasteiger partial charge is 0.377 e. The van der Waals surface area contributed by atoms with Crippen LogP contribution in [0.15, 0.2) is 64.7 Å². The fourth-order valence-corrected chi connectivity index (χ4v) is 2.73. The van der Waals surface area contributed by atoms with E-state index in [2.05, 4.69) is 24.8 Å². The van der Waals surface area contributed by atoms with Gasteiger partial charge < -0.3 is 9.72 Å². The molecule has 0 radical (unpaired) electrons. The number of rotatable bonds is 11. The van der Waals surface area contributed by atoms with Crippen molar-refractivity contribution in [3.8, 4) is 12.3 Å². The van der Waals surface area contributed by atoms with Crippen molar-refractivity contribution in [3.05, 3.63) is 86.6 Å². The predicted molar refractivity (Wildman–Crippen MR) is 164 cm³/mol. The van der Waals surface area contributed by atoms with Gasteiger partial charge in [0.25, 0.3) is 5.56 Å². The minimum absolute atomic E-state index is 0.0488. The molecule has 0 amide bonds. The van der Waals surface area contributed by atoms with Gasteiger partial charge in [-0.25, -0.2) is 4.39 Å². The van der Waals surface area contributed by atoms with Crippen LogP contribution >= 0.6 is 11.6 Å². The van der Waals surface area contributed by atoms with Crippen LogP contribution in [-0.2, 0) is 4.74 Å². The first-order valence-corrected chi connectivity index (χ1v) is 13.7. The Morgan fingerprint density at radius 2 is 1.76 bits per heavy atom. The monoisotopic (exact) mass is 533 g/mol. The molecule has 0 spiro atoms. The number of aromatic amines is 1. The quantitative estimate of drug-likeness (QED) is 0.175. The Labute approximate surface area is 231 Å². The van der Waals surface area contributed by atoms with Crippen molar-refractivity contribution in [3.63, 3.8) is 0 Å². The fourth-order valence-electron chi connectivity index (χ4n) is 2.49. The summed E-state index contributed by atoms with van der Waals surface area (Å²) in [6, 6.07) is 0. The molecule has 0 aliphatic rings. The second kappa shape index (κ2) is 28.0. The number of halogens is 2. The van der Waals surface area contributed by atoms with Gasteiger partial charge in [0.15, 0.2) is 5.82 Å².